The predicted molar refractivity (Wildman–Crippen MR) is 134 cm³/mol. The SMILES string of the molecule is CC(C(=O)OCCCCC(=O)CCCC(=O)OC(C)(C)C)c1cccc(C(=O)c2ccccc2)c1. The van der Waals surface area contributed by atoms with Gasteiger partial charge in [-0.15, -0.1) is 0 Å². The summed E-state index contributed by atoms with van der Waals surface area (Å²) in [5.41, 5.74) is 1.33. The van der Waals surface area contributed by atoms with E-state index in [-0.39, 0.29) is 36.5 Å². The number of unbranched alkanes of at least 4 members (excludes halogenated alkanes) is 1. The van der Waals surface area contributed by atoms with Crippen LogP contribution in [0.2, 0.25) is 0 Å². The molecule has 0 N–H and O–H groups in total. The maximum atomic E-state index is 12.7. The summed E-state index contributed by atoms with van der Waals surface area (Å²) >= 11 is 0. The summed E-state index contributed by atoms with van der Waals surface area (Å²) in [6.07, 6.45) is 2.65. The first kappa shape index (κ1) is 28.0. The molecule has 6 nitrogen and oxygen atoms in total. The molecule has 0 spiro atoms. The molecule has 0 radical (unpaired) electrons. The molecule has 1 atom stereocenters. The highest BCUT2D eigenvalue weighted by molar-refractivity contribution is 6.09. The van der Waals surface area contributed by atoms with Gasteiger partial charge in [0.15, 0.2) is 5.78 Å². The van der Waals surface area contributed by atoms with Gasteiger partial charge in [-0.2, -0.15) is 0 Å². The second-order valence-electron chi connectivity index (χ2n) is 9.65. The summed E-state index contributed by atoms with van der Waals surface area (Å²) in [5, 5.41) is 0. The number of carbonyl (C=O) groups is 4. The Labute approximate surface area is 208 Å². The van der Waals surface area contributed by atoms with Crippen molar-refractivity contribution in [3.8, 4) is 0 Å². The third-order valence-electron chi connectivity index (χ3n) is 5.39. The van der Waals surface area contributed by atoms with Gasteiger partial charge in [0.2, 0.25) is 0 Å². The molecule has 0 aromatic heterocycles. The lowest BCUT2D eigenvalue weighted by atomic mass is 9.96. The molecular weight excluding hydrogens is 444 g/mol. The molecule has 2 rings (SSSR count). The predicted octanol–water partition coefficient (Wildman–Crippen LogP) is 5.82. The van der Waals surface area contributed by atoms with Crippen LogP contribution < -0.4 is 0 Å². The van der Waals surface area contributed by atoms with Crippen molar-refractivity contribution < 1.29 is 28.7 Å². The molecule has 2 aromatic rings. The minimum absolute atomic E-state index is 0.0909. The van der Waals surface area contributed by atoms with Crippen molar-refractivity contribution in [1.82, 2.24) is 0 Å². The van der Waals surface area contributed by atoms with E-state index < -0.39 is 11.5 Å². The number of esters is 2. The number of rotatable bonds is 13. The van der Waals surface area contributed by atoms with Gasteiger partial charge in [0.25, 0.3) is 0 Å². The second-order valence-corrected chi connectivity index (χ2v) is 9.65. The van der Waals surface area contributed by atoms with Gasteiger partial charge in [0, 0.05) is 30.4 Å². The molecule has 0 saturated carbocycles. The van der Waals surface area contributed by atoms with Gasteiger partial charge in [0.05, 0.1) is 12.5 Å². The lowest BCUT2D eigenvalue weighted by molar-refractivity contribution is -0.155. The standard InChI is InChI=1S/C29H36O6/c1-21(23-14-10-15-24(20-23)27(32)22-12-6-5-7-13-22)28(33)34-19-9-8-16-25(30)17-11-18-26(31)35-29(2,3)4/h5-7,10,12-15,20-21H,8-9,11,16-19H2,1-4H3. The Morgan fingerprint density at radius 3 is 2.14 bits per heavy atom. The molecule has 0 fully saturated rings. The number of carbonyl (C=O) groups excluding carboxylic acids is 4. The fraction of sp³-hybridized carbons (Fsp3) is 0.448. The fourth-order valence-electron chi connectivity index (χ4n) is 3.51. The molecule has 0 aliphatic heterocycles. The van der Waals surface area contributed by atoms with Crippen molar-refractivity contribution in [2.45, 2.75) is 77.7 Å². The van der Waals surface area contributed by atoms with E-state index in [9.17, 15) is 19.2 Å². The summed E-state index contributed by atoms with van der Waals surface area (Å²) in [6, 6.07) is 16.1. The largest absolute Gasteiger partial charge is 0.465 e. The topological polar surface area (TPSA) is 86.7 Å². The van der Waals surface area contributed by atoms with Crippen LogP contribution >= 0.6 is 0 Å². The Balaban J connectivity index is 1.69. The Kier molecular flexibility index (Phi) is 10.8. The molecule has 6 heteroatoms. The van der Waals surface area contributed by atoms with Gasteiger partial charge >= 0.3 is 11.9 Å². The minimum atomic E-state index is -0.515. The van der Waals surface area contributed by atoms with E-state index in [1.165, 1.54) is 0 Å². The molecule has 0 aliphatic rings. The third-order valence-corrected chi connectivity index (χ3v) is 5.39. The Morgan fingerprint density at radius 2 is 1.46 bits per heavy atom. The molecule has 2 aromatic carbocycles. The molecule has 0 aliphatic carbocycles. The van der Waals surface area contributed by atoms with Crippen molar-refractivity contribution in [2.24, 2.45) is 0 Å². The first-order valence-electron chi connectivity index (χ1n) is 12.2. The number of benzene rings is 2. The number of ketones is 2. The highest BCUT2D eigenvalue weighted by Crippen LogP contribution is 2.20. The summed E-state index contributed by atoms with van der Waals surface area (Å²) in [6.45, 7) is 7.43. The van der Waals surface area contributed by atoms with Crippen LogP contribution in [0, 0.1) is 0 Å². The average Bonchev–Trinajstić information content (AvgIpc) is 2.82. The van der Waals surface area contributed by atoms with E-state index in [0.717, 1.165) is 5.56 Å². The summed E-state index contributed by atoms with van der Waals surface area (Å²) in [5.74, 6) is -1.16. The van der Waals surface area contributed by atoms with Crippen LogP contribution in [0.1, 0.15) is 93.6 Å². The zero-order valence-electron chi connectivity index (χ0n) is 21.2. The van der Waals surface area contributed by atoms with E-state index in [4.69, 9.17) is 9.47 Å². The van der Waals surface area contributed by atoms with Gasteiger partial charge in [0.1, 0.15) is 11.4 Å². The van der Waals surface area contributed by atoms with Gasteiger partial charge in [-0.25, -0.2) is 0 Å². The number of hydrogen-bond acceptors (Lipinski definition) is 6. The van der Waals surface area contributed by atoms with E-state index in [0.29, 0.717) is 43.2 Å². The smallest absolute Gasteiger partial charge is 0.313 e. The maximum absolute atomic E-state index is 12.7. The minimum Gasteiger partial charge on any atom is -0.465 e. The Bertz CT molecular complexity index is 1000. The van der Waals surface area contributed by atoms with Gasteiger partial charge < -0.3 is 9.47 Å². The van der Waals surface area contributed by atoms with Gasteiger partial charge in [-0.3, -0.25) is 19.2 Å². The van der Waals surface area contributed by atoms with E-state index in [1.54, 1.807) is 37.3 Å². The molecular formula is C29H36O6. The first-order valence-corrected chi connectivity index (χ1v) is 12.2. The Morgan fingerprint density at radius 1 is 0.800 bits per heavy atom. The second kappa shape index (κ2) is 13.6. The lowest BCUT2D eigenvalue weighted by Gasteiger charge is -2.19. The van der Waals surface area contributed by atoms with Crippen LogP contribution in [0.25, 0.3) is 0 Å². The summed E-state index contributed by atoms with van der Waals surface area (Å²) in [7, 11) is 0. The van der Waals surface area contributed by atoms with Crippen LogP contribution in [0.15, 0.2) is 54.6 Å². The first-order chi connectivity index (χ1) is 16.6. The third kappa shape index (κ3) is 10.3. The van der Waals surface area contributed by atoms with Crippen LogP contribution in [-0.2, 0) is 23.9 Å². The zero-order chi connectivity index (χ0) is 25.8. The van der Waals surface area contributed by atoms with Crippen LogP contribution in [0.4, 0.5) is 0 Å². The van der Waals surface area contributed by atoms with E-state index >= 15 is 0 Å². The van der Waals surface area contributed by atoms with Gasteiger partial charge in [-0.05, 0) is 58.6 Å². The quantitative estimate of drug-likeness (QED) is 0.204. The molecule has 1 unspecified atom stereocenters. The molecule has 0 heterocycles. The van der Waals surface area contributed by atoms with Crippen LogP contribution in [0.5, 0.6) is 0 Å². The zero-order valence-corrected chi connectivity index (χ0v) is 21.2. The average molecular weight is 481 g/mol. The molecule has 0 amide bonds. The van der Waals surface area contributed by atoms with E-state index in [2.05, 4.69) is 0 Å². The fourth-order valence-corrected chi connectivity index (χ4v) is 3.51. The monoisotopic (exact) mass is 480 g/mol. The highest BCUT2D eigenvalue weighted by Gasteiger charge is 2.19. The summed E-state index contributed by atoms with van der Waals surface area (Å²) in [4.78, 5) is 48.8. The van der Waals surface area contributed by atoms with Crippen molar-refractivity contribution in [3.05, 3.63) is 71.3 Å². The summed E-state index contributed by atoms with van der Waals surface area (Å²) < 4.78 is 10.6. The number of hydrogen-bond donors (Lipinski definition) is 0. The molecule has 35 heavy (non-hydrogen) atoms. The number of ether oxygens (including phenoxy) is 2. The maximum Gasteiger partial charge on any atom is 0.313 e. The molecule has 0 bridgehead atoms. The van der Waals surface area contributed by atoms with Crippen molar-refractivity contribution in [1.29, 1.82) is 0 Å². The normalized spacial score (nSPS) is 12.0. The van der Waals surface area contributed by atoms with Crippen molar-refractivity contribution in [2.75, 3.05) is 6.61 Å². The van der Waals surface area contributed by atoms with Crippen LogP contribution in [0.3, 0.4) is 0 Å². The molecule has 188 valence electrons. The molecule has 0 saturated heterocycles. The van der Waals surface area contributed by atoms with E-state index in [1.807, 2.05) is 45.0 Å². The van der Waals surface area contributed by atoms with Crippen molar-refractivity contribution >= 4 is 23.5 Å². The van der Waals surface area contributed by atoms with Crippen molar-refractivity contribution in [3.63, 3.8) is 0 Å². The number of Topliss-reactive ketones (excluding diaryl/α,β-unsaturated/α-hetero) is 1. The van der Waals surface area contributed by atoms with Gasteiger partial charge in [-0.1, -0.05) is 48.5 Å². The lowest BCUT2D eigenvalue weighted by Crippen LogP contribution is -2.23. The van der Waals surface area contributed by atoms with Crippen LogP contribution in [-0.4, -0.2) is 35.7 Å². The Hall–Kier alpha value is -3.28. The highest BCUT2D eigenvalue weighted by atomic mass is 16.6.